The summed E-state index contributed by atoms with van der Waals surface area (Å²) in [5.74, 6) is 0. The molecule has 1 aliphatic rings. The largest absolute Gasteiger partial charge is 0.271 e. The lowest BCUT2D eigenvalue weighted by atomic mass is 10.3. The highest BCUT2D eigenvalue weighted by atomic mass is 127. The molecule has 0 aliphatic carbocycles. The average Bonchev–Trinajstić information content (AvgIpc) is 1.77. The monoisotopic (exact) mass is 275 g/mol. The zero-order chi connectivity index (χ0) is 6.91. The molecule has 0 bridgehead atoms. The first-order valence-corrected chi connectivity index (χ1v) is 4.25. The third-order valence-corrected chi connectivity index (χ3v) is 3.16. The van der Waals surface area contributed by atoms with Crippen LogP contribution in [0.4, 0.5) is 0 Å². The molecule has 50 valence electrons. The Morgan fingerprint density at radius 2 is 2.33 bits per heavy atom. The zero-order valence-electron chi connectivity index (χ0n) is 4.39. The number of hydrogen-bond donors (Lipinski definition) is 0. The molecule has 9 heavy (non-hydrogen) atoms. The minimum atomic E-state index is -0.534. The minimum absolute atomic E-state index is 0.343. The molecule has 1 nitrogen and oxygen atoms in total. The maximum absolute atomic E-state index is 5.88. The number of nitrogens with zero attached hydrogens (tertiary/aromatic N) is 1. The summed E-state index contributed by atoms with van der Waals surface area (Å²) in [5.41, 5.74) is -0.343. The van der Waals surface area contributed by atoms with E-state index in [0.717, 1.165) is 0 Å². The van der Waals surface area contributed by atoms with Gasteiger partial charge in [0.2, 0.25) is 0 Å². The van der Waals surface area contributed by atoms with Crippen molar-refractivity contribution in [2.45, 2.75) is 8.38 Å². The Labute approximate surface area is 77.3 Å². The number of rotatable bonds is 0. The molecule has 0 saturated heterocycles. The normalized spacial score (nSPS) is 41.4. The first-order valence-electron chi connectivity index (χ1n) is 2.36. The van der Waals surface area contributed by atoms with Crippen molar-refractivity contribution in [3.8, 4) is 0 Å². The summed E-state index contributed by atoms with van der Waals surface area (Å²) < 4.78 is -0.534. The molecular weight excluding hydrogens is 272 g/mol. The molecule has 0 aromatic heterocycles. The highest BCUT2D eigenvalue weighted by Crippen LogP contribution is 2.35. The summed E-state index contributed by atoms with van der Waals surface area (Å²) in [5, 5.41) is 0. The van der Waals surface area contributed by atoms with Gasteiger partial charge in [0.15, 0.2) is 5.50 Å². The predicted molar refractivity (Wildman–Crippen MR) is 49.9 cm³/mol. The van der Waals surface area contributed by atoms with Crippen LogP contribution in [0.2, 0.25) is 0 Å². The second kappa shape index (κ2) is 2.76. The fourth-order valence-electron chi connectivity index (χ4n) is 0.475. The van der Waals surface area contributed by atoms with Gasteiger partial charge in [0.25, 0.3) is 0 Å². The average molecular weight is 276 g/mol. The van der Waals surface area contributed by atoms with Crippen molar-refractivity contribution in [1.29, 1.82) is 0 Å². The van der Waals surface area contributed by atoms with Gasteiger partial charge in [0.1, 0.15) is 2.88 Å². The summed E-state index contributed by atoms with van der Waals surface area (Å²) in [6, 6.07) is 0. The second-order valence-electron chi connectivity index (χ2n) is 1.67. The fourth-order valence-corrected chi connectivity index (χ4v) is 1.11. The zero-order valence-corrected chi connectivity index (χ0v) is 8.06. The van der Waals surface area contributed by atoms with Crippen molar-refractivity contribution in [2.75, 3.05) is 0 Å². The van der Waals surface area contributed by atoms with Crippen molar-refractivity contribution >= 4 is 52.0 Å². The van der Waals surface area contributed by atoms with Gasteiger partial charge in [-0.25, -0.2) is 0 Å². The Balaban J connectivity index is 2.78. The van der Waals surface area contributed by atoms with Crippen molar-refractivity contribution < 1.29 is 0 Å². The summed E-state index contributed by atoms with van der Waals surface area (Å²) in [7, 11) is 0. The molecule has 4 heteroatoms. The molecule has 1 aliphatic heterocycles. The van der Waals surface area contributed by atoms with Crippen molar-refractivity contribution in [1.82, 2.24) is 0 Å². The third kappa shape index (κ3) is 1.82. The molecule has 1 heterocycles. The lowest BCUT2D eigenvalue weighted by Crippen LogP contribution is -2.23. The van der Waals surface area contributed by atoms with Gasteiger partial charge < -0.3 is 0 Å². The third-order valence-electron chi connectivity index (χ3n) is 0.939. The van der Waals surface area contributed by atoms with E-state index in [9.17, 15) is 0 Å². The van der Waals surface area contributed by atoms with Crippen LogP contribution in [0.3, 0.4) is 0 Å². The molecule has 0 saturated carbocycles. The highest BCUT2D eigenvalue weighted by Gasteiger charge is 2.30. The van der Waals surface area contributed by atoms with Crippen LogP contribution < -0.4 is 0 Å². The molecule has 0 N–H and O–H groups in total. The summed E-state index contributed by atoms with van der Waals surface area (Å²) >= 11 is 13.6. The van der Waals surface area contributed by atoms with E-state index in [1.165, 1.54) is 0 Å². The van der Waals surface area contributed by atoms with E-state index in [1.54, 1.807) is 12.3 Å². The predicted octanol–water partition coefficient (Wildman–Crippen LogP) is 2.56. The quantitative estimate of drug-likeness (QED) is 0.366. The Morgan fingerprint density at radius 1 is 1.67 bits per heavy atom. The standard InChI is InChI=1S/C5H4Cl2IN/c6-4-5(7,8)2-1-3-9-4/h1-4H. The van der Waals surface area contributed by atoms with Gasteiger partial charge in [0.05, 0.1) is 0 Å². The van der Waals surface area contributed by atoms with Gasteiger partial charge in [-0.2, -0.15) is 0 Å². The summed E-state index contributed by atoms with van der Waals surface area (Å²) in [6.45, 7) is 0. The van der Waals surface area contributed by atoms with E-state index < -0.39 is 2.88 Å². The first kappa shape index (κ1) is 7.82. The van der Waals surface area contributed by atoms with Crippen LogP contribution in [-0.2, 0) is 0 Å². The van der Waals surface area contributed by atoms with Crippen LogP contribution in [0.25, 0.3) is 0 Å². The molecule has 2 atom stereocenters. The van der Waals surface area contributed by atoms with E-state index >= 15 is 0 Å². The molecule has 1 rings (SSSR count). The number of allylic oxidation sites excluding steroid dienone is 1. The number of aliphatic imine (C=N–C) groups is 1. The smallest absolute Gasteiger partial charge is 0.155 e. The van der Waals surface area contributed by atoms with E-state index in [4.69, 9.17) is 23.2 Å². The van der Waals surface area contributed by atoms with E-state index in [1.807, 2.05) is 28.7 Å². The van der Waals surface area contributed by atoms with Crippen molar-refractivity contribution in [2.24, 2.45) is 4.99 Å². The summed E-state index contributed by atoms with van der Waals surface area (Å²) in [4.78, 5) is 3.90. The maximum Gasteiger partial charge on any atom is 0.155 e. The van der Waals surface area contributed by atoms with E-state index in [2.05, 4.69) is 4.99 Å². The topological polar surface area (TPSA) is 12.4 Å². The molecule has 0 radical (unpaired) electrons. The van der Waals surface area contributed by atoms with Gasteiger partial charge in [0, 0.05) is 6.21 Å². The lowest BCUT2D eigenvalue weighted by Gasteiger charge is -2.20. The molecule has 0 fully saturated rings. The van der Waals surface area contributed by atoms with E-state index in [0.29, 0.717) is 0 Å². The van der Waals surface area contributed by atoms with Crippen molar-refractivity contribution in [3.63, 3.8) is 0 Å². The maximum atomic E-state index is 5.88. The number of halogens is 3. The molecule has 0 aromatic rings. The second-order valence-corrected chi connectivity index (χ2v) is 5.13. The molecule has 0 amide bonds. The van der Waals surface area contributed by atoms with Crippen LogP contribution in [0.15, 0.2) is 17.1 Å². The fraction of sp³-hybridized carbons (Fsp3) is 0.400. The molecule has 0 aromatic carbocycles. The Kier molecular flexibility index (Phi) is 2.40. The SMILES string of the molecule is ClC1N=CC=CC1(Cl)I. The van der Waals surface area contributed by atoms with Crippen LogP contribution >= 0.6 is 45.8 Å². The number of dihydropyridines is 1. The Morgan fingerprint density at radius 3 is 2.67 bits per heavy atom. The number of hydrogen-bond acceptors (Lipinski definition) is 1. The van der Waals surface area contributed by atoms with Crippen LogP contribution in [0, 0.1) is 0 Å². The molecular formula is C5H4Cl2IN. The van der Waals surface area contributed by atoms with Gasteiger partial charge in [-0.05, 0) is 12.2 Å². The Hall–Kier alpha value is 0.720. The Bertz CT molecular complexity index is 164. The first-order chi connectivity index (χ1) is 4.13. The van der Waals surface area contributed by atoms with Gasteiger partial charge in [-0.15, -0.1) is 0 Å². The summed E-state index contributed by atoms with van der Waals surface area (Å²) in [6.07, 6.45) is 5.26. The molecule has 0 spiro atoms. The highest BCUT2D eigenvalue weighted by molar-refractivity contribution is 14.1. The van der Waals surface area contributed by atoms with Gasteiger partial charge in [-0.1, -0.05) is 45.8 Å². The lowest BCUT2D eigenvalue weighted by molar-refractivity contribution is 0.902. The number of alkyl halides is 3. The minimum Gasteiger partial charge on any atom is -0.271 e. The van der Waals surface area contributed by atoms with Gasteiger partial charge >= 0.3 is 0 Å². The van der Waals surface area contributed by atoms with Crippen LogP contribution in [-0.4, -0.2) is 14.6 Å². The van der Waals surface area contributed by atoms with Crippen LogP contribution in [0.5, 0.6) is 0 Å². The van der Waals surface area contributed by atoms with Crippen molar-refractivity contribution in [3.05, 3.63) is 12.2 Å². The van der Waals surface area contributed by atoms with Gasteiger partial charge in [-0.3, -0.25) is 4.99 Å². The van der Waals surface area contributed by atoms with E-state index in [-0.39, 0.29) is 5.50 Å². The molecule has 2 unspecified atom stereocenters. The van der Waals surface area contributed by atoms with Crippen LogP contribution in [0.1, 0.15) is 0 Å².